The number of hydrogen-bond donors (Lipinski definition) is 0. The Bertz CT molecular complexity index is 931. The van der Waals surface area contributed by atoms with Crippen LogP contribution in [0.2, 0.25) is 0 Å². The number of aryl methyl sites for hydroxylation is 1. The number of hydrogen-bond acceptors (Lipinski definition) is 6. The third kappa shape index (κ3) is 3.26. The van der Waals surface area contributed by atoms with E-state index in [1.54, 1.807) is 27.8 Å². The molecule has 3 heterocycles. The van der Waals surface area contributed by atoms with E-state index in [1.807, 2.05) is 43.4 Å². The summed E-state index contributed by atoms with van der Waals surface area (Å²) in [5.74, 6) is 0.281. The van der Waals surface area contributed by atoms with Crippen molar-refractivity contribution in [2.24, 2.45) is 7.05 Å². The summed E-state index contributed by atoms with van der Waals surface area (Å²) in [6, 6.07) is 13.2. The summed E-state index contributed by atoms with van der Waals surface area (Å²) in [7, 11) is 1.85. The second-order valence-electron chi connectivity index (χ2n) is 5.93. The monoisotopic (exact) mass is 370 g/mol. The lowest BCUT2D eigenvalue weighted by Gasteiger charge is -2.27. The van der Waals surface area contributed by atoms with Crippen molar-refractivity contribution in [3.05, 3.63) is 65.3 Å². The SMILES string of the molecule is Cn1cnn(CC2(c3ccc(Oc4ccccc4)nc3)OCCO2)c1=S. The molecule has 0 amide bonds. The standard InChI is InChI=1S/C18H18N4O3S/c1-21-13-20-22(17(21)26)12-18(23-9-10-24-18)14-7-8-16(19-11-14)25-15-5-3-2-4-6-15/h2-8,11,13H,9-10,12H2,1H3. The summed E-state index contributed by atoms with van der Waals surface area (Å²) >= 11 is 5.37. The fraction of sp³-hybridized carbons (Fsp3) is 0.278. The highest BCUT2D eigenvalue weighted by atomic mass is 32.1. The van der Waals surface area contributed by atoms with Crippen LogP contribution in [-0.2, 0) is 28.9 Å². The van der Waals surface area contributed by atoms with Crippen LogP contribution in [0.4, 0.5) is 0 Å². The average Bonchev–Trinajstić information content (AvgIpc) is 3.26. The zero-order valence-corrected chi connectivity index (χ0v) is 15.1. The van der Waals surface area contributed by atoms with Gasteiger partial charge in [0.05, 0.1) is 13.2 Å². The molecule has 4 rings (SSSR count). The number of para-hydroxylation sites is 1. The van der Waals surface area contributed by atoms with Crippen LogP contribution in [0.3, 0.4) is 0 Å². The van der Waals surface area contributed by atoms with Crippen molar-refractivity contribution < 1.29 is 14.2 Å². The average molecular weight is 370 g/mol. The quantitative estimate of drug-likeness (QED) is 0.643. The molecule has 0 N–H and O–H groups in total. The molecule has 1 aromatic carbocycles. The Labute approximate surface area is 155 Å². The Balaban J connectivity index is 1.59. The second kappa shape index (κ2) is 6.99. The zero-order chi connectivity index (χ0) is 18.0. The molecule has 7 nitrogen and oxygen atoms in total. The molecule has 0 unspecified atom stereocenters. The first-order valence-electron chi connectivity index (χ1n) is 8.22. The molecule has 1 aliphatic heterocycles. The minimum Gasteiger partial charge on any atom is -0.439 e. The molecule has 2 aromatic heterocycles. The van der Waals surface area contributed by atoms with Gasteiger partial charge in [-0.1, -0.05) is 18.2 Å². The first kappa shape index (κ1) is 16.9. The smallest absolute Gasteiger partial charge is 0.219 e. The Morgan fingerprint density at radius 2 is 1.92 bits per heavy atom. The van der Waals surface area contributed by atoms with Crippen LogP contribution in [-0.4, -0.2) is 32.5 Å². The summed E-state index contributed by atoms with van der Waals surface area (Å²) in [6.07, 6.45) is 3.37. The zero-order valence-electron chi connectivity index (χ0n) is 14.2. The first-order valence-corrected chi connectivity index (χ1v) is 8.63. The fourth-order valence-electron chi connectivity index (χ4n) is 2.81. The lowest BCUT2D eigenvalue weighted by atomic mass is 10.1. The molecule has 3 aromatic rings. The predicted molar refractivity (Wildman–Crippen MR) is 96.4 cm³/mol. The highest BCUT2D eigenvalue weighted by molar-refractivity contribution is 7.71. The highest BCUT2D eigenvalue weighted by Gasteiger charge is 2.40. The molecular weight excluding hydrogens is 352 g/mol. The molecular formula is C18H18N4O3S. The van der Waals surface area contributed by atoms with Crippen LogP contribution in [0, 0.1) is 4.77 Å². The summed E-state index contributed by atoms with van der Waals surface area (Å²) in [5.41, 5.74) is 0.794. The molecule has 134 valence electrons. The minimum atomic E-state index is -0.954. The molecule has 1 aliphatic rings. The Hall–Kier alpha value is -2.55. The first-order chi connectivity index (χ1) is 12.7. The lowest BCUT2D eigenvalue weighted by Crippen LogP contribution is -2.33. The Morgan fingerprint density at radius 3 is 2.54 bits per heavy atom. The van der Waals surface area contributed by atoms with Gasteiger partial charge in [-0.25, -0.2) is 9.67 Å². The summed E-state index contributed by atoms with van der Waals surface area (Å²) in [6.45, 7) is 1.36. The van der Waals surface area contributed by atoms with E-state index in [9.17, 15) is 0 Å². The fourth-order valence-corrected chi connectivity index (χ4v) is 2.96. The predicted octanol–water partition coefficient (Wildman–Crippen LogP) is 3.04. The molecule has 1 fully saturated rings. The van der Waals surface area contributed by atoms with E-state index in [-0.39, 0.29) is 0 Å². The van der Waals surface area contributed by atoms with Crippen molar-refractivity contribution in [3.63, 3.8) is 0 Å². The molecule has 0 saturated carbocycles. The normalized spacial score (nSPS) is 15.9. The van der Waals surface area contributed by atoms with Gasteiger partial charge in [0.25, 0.3) is 0 Å². The van der Waals surface area contributed by atoms with E-state index in [4.69, 9.17) is 26.4 Å². The van der Waals surface area contributed by atoms with Crippen molar-refractivity contribution in [1.82, 2.24) is 19.3 Å². The maximum absolute atomic E-state index is 5.93. The van der Waals surface area contributed by atoms with E-state index in [0.717, 1.165) is 11.3 Å². The molecule has 1 saturated heterocycles. The van der Waals surface area contributed by atoms with Gasteiger partial charge in [0.1, 0.15) is 18.6 Å². The molecule has 8 heteroatoms. The third-order valence-corrected chi connectivity index (χ3v) is 4.64. The van der Waals surface area contributed by atoms with Crippen LogP contribution in [0.15, 0.2) is 55.0 Å². The van der Waals surface area contributed by atoms with E-state index >= 15 is 0 Å². The highest BCUT2D eigenvalue weighted by Crippen LogP contribution is 2.34. The number of aromatic nitrogens is 4. The van der Waals surface area contributed by atoms with Crippen molar-refractivity contribution in [3.8, 4) is 11.6 Å². The van der Waals surface area contributed by atoms with E-state index in [2.05, 4.69) is 10.1 Å². The van der Waals surface area contributed by atoms with Gasteiger partial charge in [-0.15, -0.1) is 0 Å². The number of pyridine rings is 1. The lowest BCUT2D eigenvalue weighted by molar-refractivity contribution is -0.178. The van der Waals surface area contributed by atoms with Crippen LogP contribution in [0.5, 0.6) is 11.6 Å². The Morgan fingerprint density at radius 1 is 1.15 bits per heavy atom. The number of ether oxygens (including phenoxy) is 3. The minimum absolute atomic E-state index is 0.354. The van der Waals surface area contributed by atoms with Crippen molar-refractivity contribution in [1.29, 1.82) is 0 Å². The van der Waals surface area contributed by atoms with Crippen molar-refractivity contribution in [2.75, 3.05) is 13.2 Å². The van der Waals surface area contributed by atoms with Gasteiger partial charge in [-0.05, 0) is 30.4 Å². The van der Waals surface area contributed by atoms with Gasteiger partial charge in [0.2, 0.25) is 11.7 Å². The van der Waals surface area contributed by atoms with E-state index in [1.165, 1.54) is 0 Å². The molecule has 0 spiro atoms. The van der Waals surface area contributed by atoms with Gasteiger partial charge < -0.3 is 18.8 Å². The van der Waals surface area contributed by atoms with Crippen molar-refractivity contribution >= 4 is 12.2 Å². The van der Waals surface area contributed by atoms with Gasteiger partial charge in [-0.2, -0.15) is 5.10 Å². The topological polar surface area (TPSA) is 63.3 Å². The maximum Gasteiger partial charge on any atom is 0.219 e. The van der Waals surface area contributed by atoms with Gasteiger partial charge in [-0.3, -0.25) is 0 Å². The number of nitrogens with zero attached hydrogens (tertiary/aromatic N) is 4. The number of rotatable bonds is 5. The molecule has 0 radical (unpaired) electrons. The maximum atomic E-state index is 5.93. The van der Waals surface area contributed by atoms with Crippen LogP contribution in [0.25, 0.3) is 0 Å². The Kier molecular flexibility index (Phi) is 4.54. The van der Waals surface area contributed by atoms with Gasteiger partial charge in [0, 0.05) is 24.9 Å². The largest absolute Gasteiger partial charge is 0.439 e. The molecule has 0 atom stereocenters. The van der Waals surface area contributed by atoms with E-state index in [0.29, 0.717) is 30.4 Å². The van der Waals surface area contributed by atoms with Gasteiger partial charge >= 0.3 is 0 Å². The summed E-state index contributed by atoms with van der Waals surface area (Å²) in [4.78, 5) is 4.39. The summed E-state index contributed by atoms with van der Waals surface area (Å²) < 4.78 is 21.7. The van der Waals surface area contributed by atoms with Crippen molar-refractivity contribution in [2.45, 2.75) is 12.3 Å². The number of benzene rings is 1. The molecule has 26 heavy (non-hydrogen) atoms. The van der Waals surface area contributed by atoms with Crippen LogP contribution >= 0.6 is 12.2 Å². The summed E-state index contributed by atoms with van der Waals surface area (Å²) in [5, 5.41) is 4.29. The third-order valence-electron chi connectivity index (χ3n) is 4.14. The second-order valence-corrected chi connectivity index (χ2v) is 6.30. The molecule has 0 bridgehead atoms. The van der Waals surface area contributed by atoms with E-state index < -0.39 is 5.79 Å². The molecule has 0 aliphatic carbocycles. The van der Waals surface area contributed by atoms with Crippen LogP contribution < -0.4 is 4.74 Å². The van der Waals surface area contributed by atoms with Gasteiger partial charge in [0.15, 0.2) is 4.77 Å². The van der Waals surface area contributed by atoms with Crippen LogP contribution in [0.1, 0.15) is 5.56 Å².